The summed E-state index contributed by atoms with van der Waals surface area (Å²) in [6.07, 6.45) is 2.14. The second kappa shape index (κ2) is 5.90. The fourth-order valence-corrected chi connectivity index (χ4v) is 4.28. The van der Waals surface area contributed by atoms with Crippen LogP contribution in [0.25, 0.3) is 54.3 Å². The van der Waals surface area contributed by atoms with Crippen LogP contribution in [0.1, 0.15) is 0 Å². The lowest BCUT2D eigenvalue weighted by molar-refractivity contribution is -0.362. The number of nitrogens with one attached hydrogen (secondary N) is 1. The van der Waals surface area contributed by atoms with E-state index >= 15 is 0 Å². The second-order valence-electron chi connectivity index (χ2n) is 7.36. The average molecular weight is 356 g/mol. The number of rotatable bonds is 1. The smallest absolute Gasteiger partial charge is 0.210 e. The predicted octanol–water partition coefficient (Wildman–Crippen LogP) is 6.78. The number of hydrogen-bond donors (Lipinski definition) is 0. The van der Waals surface area contributed by atoms with E-state index in [1.807, 2.05) is 0 Å². The van der Waals surface area contributed by atoms with Crippen LogP contribution in [0.3, 0.4) is 0 Å². The van der Waals surface area contributed by atoms with Gasteiger partial charge >= 0.3 is 0 Å². The SMILES string of the molecule is c1ccc2c(c1)ccc1cc(-c3ccc4ccc5ccccc5c4c3)[nH+]cc12. The highest BCUT2D eigenvalue weighted by Crippen LogP contribution is 2.30. The molecule has 0 radical (unpaired) electrons. The Kier molecular flexibility index (Phi) is 3.24. The van der Waals surface area contributed by atoms with Crippen LogP contribution >= 0.6 is 0 Å². The Bertz CT molecular complexity index is 1510. The summed E-state index contributed by atoms with van der Waals surface area (Å²) in [6, 6.07) is 34.9. The number of hydrogen-bond acceptors (Lipinski definition) is 0. The number of fused-ring (bicyclic) bond motifs is 6. The summed E-state index contributed by atoms with van der Waals surface area (Å²) in [5.74, 6) is 0. The molecule has 0 saturated heterocycles. The lowest BCUT2D eigenvalue weighted by atomic mass is 9.98. The fourth-order valence-electron chi connectivity index (χ4n) is 4.28. The van der Waals surface area contributed by atoms with Gasteiger partial charge in [-0.25, -0.2) is 4.98 Å². The Morgan fingerprint density at radius 3 is 1.75 bits per heavy atom. The van der Waals surface area contributed by atoms with Crippen molar-refractivity contribution in [2.45, 2.75) is 0 Å². The monoisotopic (exact) mass is 356 g/mol. The minimum atomic E-state index is 1.14. The fraction of sp³-hybridized carbons (Fsp3) is 0. The van der Waals surface area contributed by atoms with E-state index in [1.165, 1.54) is 48.7 Å². The lowest BCUT2D eigenvalue weighted by Crippen LogP contribution is -2.05. The summed E-state index contributed by atoms with van der Waals surface area (Å²) < 4.78 is 0. The van der Waals surface area contributed by atoms with E-state index in [9.17, 15) is 0 Å². The second-order valence-corrected chi connectivity index (χ2v) is 7.36. The topological polar surface area (TPSA) is 14.1 Å². The van der Waals surface area contributed by atoms with Gasteiger partial charge in [0.05, 0.1) is 5.39 Å². The van der Waals surface area contributed by atoms with Crippen LogP contribution in [0.2, 0.25) is 0 Å². The standard InChI is InChI=1S/C27H17N/c1-3-7-23-18(5-1)9-10-20-12-14-22(15-25(20)23)27-16-21-13-11-19-6-2-4-8-24(19)26(21)17-28-27/h1-17H/p+1. The van der Waals surface area contributed by atoms with Gasteiger partial charge in [0.25, 0.3) is 0 Å². The van der Waals surface area contributed by atoms with E-state index in [2.05, 4.69) is 108 Å². The molecule has 1 heteroatoms. The summed E-state index contributed by atoms with van der Waals surface area (Å²) >= 11 is 0. The van der Waals surface area contributed by atoms with E-state index in [0.717, 1.165) is 5.69 Å². The van der Waals surface area contributed by atoms with Crippen LogP contribution in [-0.2, 0) is 0 Å². The Morgan fingerprint density at radius 2 is 1.00 bits per heavy atom. The molecule has 1 aromatic heterocycles. The van der Waals surface area contributed by atoms with Crippen molar-refractivity contribution in [3.05, 3.63) is 103 Å². The number of benzene rings is 5. The first-order valence-electron chi connectivity index (χ1n) is 9.62. The number of pyridine rings is 1. The molecular formula is C27H18N+. The molecule has 6 aromatic rings. The van der Waals surface area contributed by atoms with Gasteiger partial charge in [0.2, 0.25) is 5.69 Å². The van der Waals surface area contributed by atoms with Crippen LogP contribution < -0.4 is 4.98 Å². The van der Waals surface area contributed by atoms with Crippen molar-refractivity contribution in [3.8, 4) is 11.3 Å². The van der Waals surface area contributed by atoms with Gasteiger partial charge in [-0.1, -0.05) is 78.9 Å². The predicted molar refractivity (Wildman–Crippen MR) is 118 cm³/mol. The van der Waals surface area contributed by atoms with Gasteiger partial charge in [-0.3, -0.25) is 0 Å². The van der Waals surface area contributed by atoms with Crippen LogP contribution in [0.5, 0.6) is 0 Å². The molecule has 0 amide bonds. The van der Waals surface area contributed by atoms with E-state index in [1.54, 1.807) is 0 Å². The van der Waals surface area contributed by atoms with E-state index in [0.29, 0.717) is 0 Å². The zero-order chi connectivity index (χ0) is 18.5. The van der Waals surface area contributed by atoms with E-state index in [-0.39, 0.29) is 0 Å². The van der Waals surface area contributed by atoms with Gasteiger partial charge in [0, 0.05) is 11.6 Å². The molecule has 0 bridgehead atoms. The van der Waals surface area contributed by atoms with E-state index in [4.69, 9.17) is 0 Å². The third-order valence-electron chi connectivity index (χ3n) is 5.73. The minimum Gasteiger partial charge on any atom is -0.210 e. The normalized spacial score (nSPS) is 11.6. The molecule has 5 aromatic carbocycles. The highest BCUT2D eigenvalue weighted by Gasteiger charge is 2.11. The molecule has 0 fully saturated rings. The van der Waals surface area contributed by atoms with Crippen molar-refractivity contribution in [3.63, 3.8) is 0 Å². The summed E-state index contributed by atoms with van der Waals surface area (Å²) in [4.78, 5) is 3.53. The molecular weight excluding hydrogens is 338 g/mol. The maximum Gasteiger partial charge on any atom is 0.211 e. The Labute approximate surface area is 162 Å². The van der Waals surface area contributed by atoms with Gasteiger partial charge in [0.15, 0.2) is 6.20 Å². The molecule has 1 N–H and O–H groups in total. The largest absolute Gasteiger partial charge is 0.211 e. The molecule has 0 aliphatic heterocycles. The van der Waals surface area contributed by atoms with Gasteiger partial charge < -0.3 is 0 Å². The van der Waals surface area contributed by atoms with Crippen LogP contribution in [0.15, 0.2) is 103 Å². The maximum atomic E-state index is 3.53. The molecule has 1 nitrogen and oxygen atoms in total. The van der Waals surface area contributed by atoms with Gasteiger partial charge in [-0.15, -0.1) is 0 Å². The van der Waals surface area contributed by atoms with Crippen molar-refractivity contribution < 1.29 is 4.98 Å². The molecule has 0 aliphatic rings. The molecule has 6 rings (SSSR count). The molecule has 28 heavy (non-hydrogen) atoms. The van der Waals surface area contributed by atoms with Crippen molar-refractivity contribution in [2.75, 3.05) is 0 Å². The quantitative estimate of drug-likeness (QED) is 0.288. The molecule has 0 atom stereocenters. The zero-order valence-electron chi connectivity index (χ0n) is 15.3. The minimum absolute atomic E-state index is 1.14. The van der Waals surface area contributed by atoms with Crippen LogP contribution in [-0.4, -0.2) is 0 Å². The number of H-pyrrole nitrogens is 1. The maximum absolute atomic E-state index is 3.53. The number of aromatic amines is 1. The summed E-state index contributed by atoms with van der Waals surface area (Å²) in [6.45, 7) is 0. The summed E-state index contributed by atoms with van der Waals surface area (Å²) in [7, 11) is 0. The highest BCUT2D eigenvalue weighted by molar-refractivity contribution is 6.09. The molecule has 0 saturated carbocycles. The molecule has 0 unspecified atom stereocenters. The third kappa shape index (κ3) is 2.30. The Morgan fingerprint density at radius 1 is 0.429 bits per heavy atom. The van der Waals surface area contributed by atoms with Crippen molar-refractivity contribution in [1.82, 2.24) is 0 Å². The van der Waals surface area contributed by atoms with Gasteiger partial charge in [0.1, 0.15) is 0 Å². The van der Waals surface area contributed by atoms with Gasteiger partial charge in [-0.05, 0) is 49.8 Å². The molecule has 130 valence electrons. The zero-order valence-corrected chi connectivity index (χ0v) is 15.3. The molecule has 0 spiro atoms. The molecule has 0 aliphatic carbocycles. The van der Waals surface area contributed by atoms with Crippen LogP contribution in [0, 0.1) is 0 Å². The molecule has 1 heterocycles. The van der Waals surface area contributed by atoms with Crippen molar-refractivity contribution in [2.24, 2.45) is 0 Å². The average Bonchev–Trinajstić information content (AvgIpc) is 2.78. The lowest BCUT2D eigenvalue weighted by Gasteiger charge is -2.06. The first kappa shape index (κ1) is 15.4. The first-order valence-corrected chi connectivity index (χ1v) is 9.62. The summed E-state index contributed by atoms with van der Waals surface area (Å²) in [5.41, 5.74) is 2.34. The Balaban J connectivity index is 1.59. The Hall–Kier alpha value is -3.71. The van der Waals surface area contributed by atoms with Crippen molar-refractivity contribution in [1.29, 1.82) is 0 Å². The van der Waals surface area contributed by atoms with Crippen molar-refractivity contribution >= 4 is 43.1 Å². The first-order chi connectivity index (χ1) is 13.9. The third-order valence-corrected chi connectivity index (χ3v) is 5.73. The van der Waals surface area contributed by atoms with Gasteiger partial charge in [-0.2, -0.15) is 0 Å². The van der Waals surface area contributed by atoms with Crippen LogP contribution in [0.4, 0.5) is 0 Å². The van der Waals surface area contributed by atoms with E-state index < -0.39 is 0 Å². The number of aromatic nitrogens is 1. The highest BCUT2D eigenvalue weighted by atomic mass is 14.7. The summed E-state index contributed by atoms with van der Waals surface area (Å²) in [5, 5.41) is 10.2.